The summed E-state index contributed by atoms with van der Waals surface area (Å²) >= 11 is 5.35. The van der Waals surface area contributed by atoms with Crippen molar-refractivity contribution < 1.29 is 0 Å². The molecule has 2 N–H and O–H groups in total. The summed E-state index contributed by atoms with van der Waals surface area (Å²) in [6.07, 6.45) is 4.69. The van der Waals surface area contributed by atoms with Gasteiger partial charge in [0.15, 0.2) is 0 Å². The van der Waals surface area contributed by atoms with E-state index >= 15 is 0 Å². The first-order valence-corrected chi connectivity index (χ1v) is 7.91. The Kier molecular flexibility index (Phi) is 5.51. The van der Waals surface area contributed by atoms with Gasteiger partial charge < -0.3 is 5.73 Å². The lowest BCUT2D eigenvalue weighted by atomic mass is 10.1. The molecule has 2 aromatic rings. The van der Waals surface area contributed by atoms with Crippen LogP contribution in [0.5, 0.6) is 0 Å². The Balaban J connectivity index is 1.98. The molecule has 2 aromatic heterocycles. The van der Waals surface area contributed by atoms with Crippen molar-refractivity contribution in [2.45, 2.75) is 12.5 Å². The lowest BCUT2D eigenvalue weighted by molar-refractivity contribution is 0.256. The maximum atomic E-state index is 5.94. The molecule has 102 valence electrons. The number of thiophene rings is 1. The quantitative estimate of drug-likeness (QED) is 0.879. The molecular formula is C14H18BrN3S. The average Bonchev–Trinajstić information content (AvgIpc) is 2.85. The zero-order valence-electron chi connectivity index (χ0n) is 10.9. The molecule has 0 aromatic carbocycles. The number of likely N-dealkylation sites (N-methyl/N-ethyl adjacent to an activating group) is 1. The Morgan fingerprint density at radius 2 is 2.11 bits per heavy atom. The van der Waals surface area contributed by atoms with E-state index in [2.05, 4.69) is 56.4 Å². The lowest BCUT2D eigenvalue weighted by Gasteiger charge is -2.26. The highest BCUT2D eigenvalue weighted by molar-refractivity contribution is 9.10. The first kappa shape index (κ1) is 14.7. The van der Waals surface area contributed by atoms with E-state index in [1.54, 1.807) is 11.3 Å². The van der Waals surface area contributed by atoms with Crippen molar-refractivity contribution in [1.29, 1.82) is 0 Å². The number of aromatic nitrogens is 1. The van der Waals surface area contributed by atoms with Gasteiger partial charge in [-0.2, -0.15) is 0 Å². The Hall–Kier alpha value is -0.750. The molecule has 0 saturated heterocycles. The van der Waals surface area contributed by atoms with Crippen LogP contribution in [0.15, 0.2) is 40.4 Å². The molecule has 2 rings (SSSR count). The van der Waals surface area contributed by atoms with Crippen LogP contribution in [0.1, 0.15) is 16.5 Å². The molecule has 1 unspecified atom stereocenters. The van der Waals surface area contributed by atoms with Gasteiger partial charge in [-0.3, -0.25) is 9.88 Å². The number of nitrogens with two attached hydrogens (primary N) is 1. The van der Waals surface area contributed by atoms with Gasteiger partial charge in [0.25, 0.3) is 0 Å². The molecule has 1 atom stereocenters. The topological polar surface area (TPSA) is 42.2 Å². The van der Waals surface area contributed by atoms with E-state index in [0.717, 1.165) is 17.4 Å². The molecule has 5 heteroatoms. The van der Waals surface area contributed by atoms with Gasteiger partial charge in [0, 0.05) is 34.8 Å². The monoisotopic (exact) mass is 339 g/mol. The van der Waals surface area contributed by atoms with Crippen molar-refractivity contribution in [3.63, 3.8) is 0 Å². The van der Waals surface area contributed by atoms with Crippen LogP contribution in [0, 0.1) is 0 Å². The molecule has 3 nitrogen and oxygen atoms in total. The molecule has 0 aliphatic heterocycles. The van der Waals surface area contributed by atoms with Crippen LogP contribution in [0.3, 0.4) is 0 Å². The average molecular weight is 340 g/mol. The first-order valence-electron chi connectivity index (χ1n) is 6.24. The predicted octanol–water partition coefficient (Wildman–Crippen LogP) is 3.08. The van der Waals surface area contributed by atoms with Gasteiger partial charge in [0.1, 0.15) is 0 Å². The fourth-order valence-electron chi connectivity index (χ4n) is 2.04. The van der Waals surface area contributed by atoms with Crippen LogP contribution in [0.25, 0.3) is 0 Å². The van der Waals surface area contributed by atoms with E-state index in [4.69, 9.17) is 5.73 Å². The van der Waals surface area contributed by atoms with Crippen LogP contribution >= 0.6 is 27.3 Å². The number of hydrogen-bond acceptors (Lipinski definition) is 4. The van der Waals surface area contributed by atoms with Gasteiger partial charge in [-0.1, -0.05) is 0 Å². The predicted molar refractivity (Wildman–Crippen MR) is 84.4 cm³/mol. The molecule has 0 radical (unpaired) electrons. The van der Waals surface area contributed by atoms with Crippen molar-refractivity contribution in [3.8, 4) is 0 Å². The minimum atomic E-state index is 0.274. The van der Waals surface area contributed by atoms with Gasteiger partial charge in [0.2, 0.25) is 0 Å². The zero-order valence-corrected chi connectivity index (χ0v) is 13.3. The van der Waals surface area contributed by atoms with Crippen LogP contribution < -0.4 is 5.73 Å². The largest absolute Gasteiger partial charge is 0.329 e. The van der Waals surface area contributed by atoms with Gasteiger partial charge in [0.05, 0.1) is 6.04 Å². The summed E-state index contributed by atoms with van der Waals surface area (Å²) in [5.41, 5.74) is 7.25. The standard InChI is InChI=1S/C14H18BrN3S/c1-18(8-4-11-2-6-17-7-3-11)13(10-16)14-12(15)5-9-19-14/h2-3,5-7,9,13H,4,8,10,16H2,1H3. The summed E-state index contributed by atoms with van der Waals surface area (Å²) in [5.74, 6) is 0. The van der Waals surface area contributed by atoms with Gasteiger partial charge in [-0.15, -0.1) is 11.3 Å². The Bertz CT molecular complexity index is 500. The second-order valence-electron chi connectivity index (χ2n) is 4.47. The maximum absolute atomic E-state index is 5.94. The summed E-state index contributed by atoms with van der Waals surface area (Å²) in [6.45, 7) is 1.61. The second kappa shape index (κ2) is 7.14. The van der Waals surface area contributed by atoms with Crippen LogP contribution in [0.4, 0.5) is 0 Å². The SMILES string of the molecule is CN(CCc1ccncc1)C(CN)c1sccc1Br. The number of rotatable bonds is 6. The molecule has 0 aliphatic rings. The van der Waals surface area contributed by atoms with Crippen molar-refractivity contribution >= 4 is 27.3 Å². The van der Waals surface area contributed by atoms with E-state index in [1.807, 2.05) is 12.4 Å². The first-order chi connectivity index (χ1) is 9.22. The van der Waals surface area contributed by atoms with E-state index in [1.165, 1.54) is 10.4 Å². The Labute approximate surface area is 126 Å². The number of hydrogen-bond donors (Lipinski definition) is 1. The molecule has 0 amide bonds. The third-order valence-corrected chi connectivity index (χ3v) is 5.18. The van der Waals surface area contributed by atoms with Crippen molar-refractivity contribution in [3.05, 3.63) is 50.9 Å². The summed E-state index contributed by atoms with van der Waals surface area (Å²) in [5, 5.41) is 2.10. The van der Waals surface area contributed by atoms with Gasteiger partial charge >= 0.3 is 0 Å². The normalized spacial score (nSPS) is 12.8. The van der Waals surface area contributed by atoms with E-state index in [-0.39, 0.29) is 6.04 Å². The molecule has 19 heavy (non-hydrogen) atoms. The van der Waals surface area contributed by atoms with Gasteiger partial charge in [-0.05, 0) is 58.5 Å². The lowest BCUT2D eigenvalue weighted by Crippen LogP contribution is -2.31. The highest BCUT2D eigenvalue weighted by Crippen LogP contribution is 2.31. The second-order valence-corrected chi connectivity index (χ2v) is 6.27. The van der Waals surface area contributed by atoms with Gasteiger partial charge in [-0.25, -0.2) is 0 Å². The third kappa shape index (κ3) is 3.86. The van der Waals surface area contributed by atoms with Crippen LogP contribution in [0.2, 0.25) is 0 Å². The fourth-order valence-corrected chi connectivity index (χ4v) is 3.86. The fraction of sp³-hybridized carbons (Fsp3) is 0.357. The number of pyridine rings is 1. The summed E-state index contributed by atoms with van der Waals surface area (Å²) in [6, 6.07) is 6.48. The molecule has 0 fully saturated rings. The minimum absolute atomic E-state index is 0.274. The highest BCUT2D eigenvalue weighted by atomic mass is 79.9. The van der Waals surface area contributed by atoms with Crippen LogP contribution in [-0.4, -0.2) is 30.0 Å². The van der Waals surface area contributed by atoms with E-state index < -0.39 is 0 Å². The number of halogens is 1. The zero-order chi connectivity index (χ0) is 13.7. The Morgan fingerprint density at radius 1 is 1.37 bits per heavy atom. The summed E-state index contributed by atoms with van der Waals surface area (Å²) in [7, 11) is 2.13. The highest BCUT2D eigenvalue weighted by Gasteiger charge is 2.18. The van der Waals surface area contributed by atoms with Crippen molar-refractivity contribution in [2.24, 2.45) is 5.73 Å². The molecule has 2 heterocycles. The summed E-state index contributed by atoms with van der Waals surface area (Å²) in [4.78, 5) is 7.66. The molecule has 0 bridgehead atoms. The summed E-state index contributed by atoms with van der Waals surface area (Å²) < 4.78 is 1.16. The van der Waals surface area contributed by atoms with Crippen LogP contribution in [-0.2, 0) is 6.42 Å². The smallest absolute Gasteiger partial charge is 0.0573 e. The van der Waals surface area contributed by atoms with Crippen molar-refractivity contribution in [1.82, 2.24) is 9.88 Å². The van der Waals surface area contributed by atoms with E-state index in [9.17, 15) is 0 Å². The molecule has 0 saturated carbocycles. The van der Waals surface area contributed by atoms with Crippen molar-refractivity contribution in [2.75, 3.05) is 20.1 Å². The van der Waals surface area contributed by atoms with E-state index in [0.29, 0.717) is 6.54 Å². The molecule has 0 spiro atoms. The molecular weight excluding hydrogens is 322 g/mol. The molecule has 0 aliphatic carbocycles. The Morgan fingerprint density at radius 3 is 2.68 bits per heavy atom. The third-order valence-electron chi connectivity index (χ3n) is 3.21. The minimum Gasteiger partial charge on any atom is -0.329 e. The number of nitrogens with zero attached hydrogens (tertiary/aromatic N) is 2. The maximum Gasteiger partial charge on any atom is 0.0573 e.